The zero-order chi connectivity index (χ0) is 22.2. The van der Waals surface area contributed by atoms with E-state index in [-0.39, 0.29) is 19.1 Å². The zero-order valence-electron chi connectivity index (χ0n) is 17.9. The quantitative estimate of drug-likeness (QED) is 0.528. The second kappa shape index (κ2) is 10.4. The number of amides is 1. The number of esters is 1. The lowest BCUT2D eigenvalue weighted by Crippen LogP contribution is -2.43. The molecule has 7 heteroatoms. The molecule has 0 fully saturated rings. The van der Waals surface area contributed by atoms with Crippen LogP contribution in [0.2, 0.25) is 0 Å². The molecule has 1 heterocycles. The molecule has 3 aromatic rings. The molecule has 0 bridgehead atoms. The highest BCUT2D eigenvalue weighted by Gasteiger charge is 2.23. The van der Waals surface area contributed by atoms with Crippen LogP contribution in [0.15, 0.2) is 59.1 Å². The summed E-state index contributed by atoms with van der Waals surface area (Å²) in [6.07, 6.45) is 0.341. The van der Waals surface area contributed by atoms with E-state index in [1.165, 1.54) is 0 Å². The fourth-order valence-electron chi connectivity index (χ4n) is 3.12. The molecule has 1 aromatic heterocycles. The Balaban J connectivity index is 1.69. The van der Waals surface area contributed by atoms with Gasteiger partial charge < -0.3 is 19.3 Å². The maximum atomic E-state index is 12.8. The third kappa shape index (κ3) is 5.94. The van der Waals surface area contributed by atoms with Gasteiger partial charge >= 0.3 is 5.97 Å². The van der Waals surface area contributed by atoms with Crippen molar-refractivity contribution in [2.45, 2.75) is 39.8 Å². The summed E-state index contributed by atoms with van der Waals surface area (Å²) in [6, 6.07) is 15.5. The minimum Gasteiger partial charge on any atom is -0.489 e. The van der Waals surface area contributed by atoms with Crippen molar-refractivity contribution in [1.29, 1.82) is 0 Å². The van der Waals surface area contributed by atoms with E-state index in [1.54, 1.807) is 31.2 Å². The van der Waals surface area contributed by atoms with Gasteiger partial charge in [0.1, 0.15) is 24.2 Å². The average molecular weight is 422 g/mol. The van der Waals surface area contributed by atoms with E-state index in [0.717, 1.165) is 16.8 Å². The van der Waals surface area contributed by atoms with Gasteiger partial charge in [-0.05, 0) is 44.5 Å². The lowest BCUT2D eigenvalue weighted by Gasteiger charge is -2.18. The van der Waals surface area contributed by atoms with Crippen LogP contribution in [0.5, 0.6) is 5.75 Å². The minimum atomic E-state index is -0.790. The minimum absolute atomic E-state index is 0.241. The summed E-state index contributed by atoms with van der Waals surface area (Å²) in [7, 11) is 0. The molecule has 0 saturated heterocycles. The monoisotopic (exact) mass is 422 g/mol. The van der Waals surface area contributed by atoms with Gasteiger partial charge in [-0.15, -0.1) is 0 Å². The molecule has 31 heavy (non-hydrogen) atoms. The Labute approximate surface area is 181 Å². The summed E-state index contributed by atoms with van der Waals surface area (Å²) in [5.74, 6) is 0.385. The summed E-state index contributed by atoms with van der Waals surface area (Å²) in [5.41, 5.74) is 2.96. The predicted molar refractivity (Wildman–Crippen MR) is 115 cm³/mol. The van der Waals surface area contributed by atoms with Gasteiger partial charge in [-0.3, -0.25) is 4.79 Å². The Bertz CT molecular complexity index is 1010. The van der Waals surface area contributed by atoms with Crippen LogP contribution in [-0.4, -0.2) is 29.7 Å². The molecule has 0 radical (unpaired) electrons. The van der Waals surface area contributed by atoms with Gasteiger partial charge in [-0.2, -0.15) is 0 Å². The first-order chi connectivity index (χ1) is 15.0. The number of aryl methyl sites for hydroxylation is 2. The van der Waals surface area contributed by atoms with Gasteiger partial charge in [0.15, 0.2) is 0 Å². The second-order valence-corrected chi connectivity index (χ2v) is 7.09. The molecule has 0 aliphatic rings. The highest BCUT2D eigenvalue weighted by Crippen LogP contribution is 2.19. The van der Waals surface area contributed by atoms with Crippen LogP contribution in [0.4, 0.5) is 0 Å². The van der Waals surface area contributed by atoms with Gasteiger partial charge in [0, 0.05) is 12.0 Å². The van der Waals surface area contributed by atoms with E-state index in [9.17, 15) is 9.59 Å². The van der Waals surface area contributed by atoms with Crippen LogP contribution in [0, 0.1) is 13.8 Å². The molecule has 1 amide bonds. The number of hydrogen-bond donors (Lipinski definition) is 1. The first kappa shape index (κ1) is 22.1. The molecule has 3 rings (SSSR count). The Morgan fingerprint density at radius 2 is 1.87 bits per heavy atom. The van der Waals surface area contributed by atoms with Crippen molar-refractivity contribution in [2.24, 2.45) is 0 Å². The maximum Gasteiger partial charge on any atom is 0.328 e. The number of carbonyl (C=O) groups is 2. The van der Waals surface area contributed by atoms with E-state index in [2.05, 4.69) is 10.5 Å². The van der Waals surface area contributed by atoms with Gasteiger partial charge in [-0.25, -0.2) is 4.79 Å². The molecule has 2 aromatic carbocycles. The molecular formula is C24H26N2O5. The number of carbonyl (C=O) groups excluding carboxylic acids is 2. The highest BCUT2D eigenvalue weighted by atomic mass is 16.5. The van der Waals surface area contributed by atoms with Crippen LogP contribution < -0.4 is 10.1 Å². The second-order valence-electron chi connectivity index (χ2n) is 7.09. The number of ether oxygens (including phenoxy) is 2. The number of nitrogens with one attached hydrogen (secondary N) is 1. The number of hydrogen-bond acceptors (Lipinski definition) is 6. The van der Waals surface area contributed by atoms with Gasteiger partial charge in [0.05, 0.1) is 17.9 Å². The van der Waals surface area contributed by atoms with E-state index in [0.29, 0.717) is 23.5 Å². The third-order valence-electron chi connectivity index (χ3n) is 4.82. The van der Waals surface area contributed by atoms with Crippen molar-refractivity contribution in [2.75, 3.05) is 6.61 Å². The molecular weight excluding hydrogens is 396 g/mol. The molecule has 1 N–H and O–H groups in total. The van der Waals surface area contributed by atoms with Crippen molar-refractivity contribution in [3.05, 3.63) is 82.7 Å². The number of nitrogens with zero attached hydrogens (tertiary/aromatic N) is 1. The fourth-order valence-corrected chi connectivity index (χ4v) is 3.12. The summed E-state index contributed by atoms with van der Waals surface area (Å²) in [6.45, 7) is 5.93. The lowest BCUT2D eigenvalue weighted by molar-refractivity contribution is -0.145. The Kier molecular flexibility index (Phi) is 7.43. The third-order valence-corrected chi connectivity index (χ3v) is 4.82. The van der Waals surface area contributed by atoms with E-state index < -0.39 is 12.0 Å². The zero-order valence-corrected chi connectivity index (χ0v) is 17.9. The van der Waals surface area contributed by atoms with Crippen molar-refractivity contribution in [3.8, 4) is 5.75 Å². The Morgan fingerprint density at radius 3 is 2.55 bits per heavy atom. The topological polar surface area (TPSA) is 90.7 Å². The van der Waals surface area contributed by atoms with E-state index in [1.807, 2.05) is 44.2 Å². The first-order valence-corrected chi connectivity index (χ1v) is 10.1. The van der Waals surface area contributed by atoms with Crippen LogP contribution >= 0.6 is 0 Å². The average Bonchev–Trinajstić information content (AvgIpc) is 3.10. The van der Waals surface area contributed by atoms with Gasteiger partial charge in [0.25, 0.3) is 5.91 Å². The predicted octanol–water partition coefficient (Wildman–Crippen LogP) is 3.77. The number of benzene rings is 2. The van der Waals surface area contributed by atoms with Crippen molar-refractivity contribution < 1.29 is 23.6 Å². The lowest BCUT2D eigenvalue weighted by atomic mass is 10.1. The SMILES string of the molecule is CCOC(=O)C(Cc1ccccc1)NC(=O)c1cccc(OCc2c(C)noc2C)c1. The summed E-state index contributed by atoms with van der Waals surface area (Å²) in [5, 5.41) is 6.70. The molecule has 0 saturated carbocycles. The molecule has 162 valence electrons. The summed E-state index contributed by atoms with van der Waals surface area (Å²) in [4.78, 5) is 25.3. The largest absolute Gasteiger partial charge is 0.489 e. The molecule has 1 unspecified atom stereocenters. The van der Waals surface area contributed by atoms with Crippen LogP contribution in [0.3, 0.4) is 0 Å². The highest BCUT2D eigenvalue weighted by molar-refractivity contribution is 5.97. The summed E-state index contributed by atoms with van der Waals surface area (Å²) >= 11 is 0. The fraction of sp³-hybridized carbons (Fsp3) is 0.292. The van der Waals surface area contributed by atoms with Crippen LogP contribution in [-0.2, 0) is 22.6 Å². The molecule has 7 nitrogen and oxygen atoms in total. The molecule has 0 spiro atoms. The van der Waals surface area contributed by atoms with E-state index >= 15 is 0 Å². The van der Waals surface area contributed by atoms with Crippen LogP contribution in [0.1, 0.15) is 39.9 Å². The maximum absolute atomic E-state index is 12.8. The Hall–Kier alpha value is -3.61. The number of rotatable bonds is 9. The molecule has 0 aliphatic heterocycles. The smallest absolute Gasteiger partial charge is 0.328 e. The molecule has 1 atom stereocenters. The standard InChI is InChI=1S/C24H26N2O5/c1-4-29-24(28)22(13-18-9-6-5-7-10-18)25-23(27)19-11-8-12-20(14-19)30-15-21-16(2)26-31-17(21)3/h5-12,14,22H,4,13,15H2,1-3H3,(H,25,27). The summed E-state index contributed by atoms with van der Waals surface area (Å²) < 4.78 is 16.1. The van der Waals surface area contributed by atoms with Crippen LogP contribution in [0.25, 0.3) is 0 Å². The van der Waals surface area contributed by atoms with Crippen molar-refractivity contribution in [3.63, 3.8) is 0 Å². The van der Waals surface area contributed by atoms with Gasteiger partial charge in [-0.1, -0.05) is 41.6 Å². The normalized spacial score (nSPS) is 11.6. The van der Waals surface area contributed by atoms with Gasteiger partial charge in [0.2, 0.25) is 0 Å². The number of aromatic nitrogens is 1. The van der Waals surface area contributed by atoms with E-state index in [4.69, 9.17) is 14.0 Å². The van der Waals surface area contributed by atoms with Crippen molar-refractivity contribution >= 4 is 11.9 Å². The first-order valence-electron chi connectivity index (χ1n) is 10.1. The van der Waals surface area contributed by atoms with Crippen molar-refractivity contribution in [1.82, 2.24) is 10.5 Å². The molecule has 0 aliphatic carbocycles. The Morgan fingerprint density at radius 1 is 1.10 bits per heavy atom.